The van der Waals surface area contributed by atoms with Gasteiger partial charge in [0.2, 0.25) is 0 Å². The molecule has 1 aromatic rings. The average molecular weight is 235 g/mol. The van der Waals surface area contributed by atoms with Crippen molar-refractivity contribution in [3.8, 4) is 5.75 Å². The molecule has 0 N–H and O–H groups in total. The van der Waals surface area contributed by atoms with E-state index in [9.17, 15) is 0 Å². The number of rotatable bonds is 5. The maximum Gasteiger partial charge on any atom is 0.119 e. The highest BCUT2D eigenvalue weighted by molar-refractivity contribution is 5.49. The molecule has 0 atom stereocenters. The van der Waals surface area contributed by atoms with Crippen molar-refractivity contribution >= 4 is 5.69 Å². The second-order valence-electron chi connectivity index (χ2n) is 3.99. The summed E-state index contributed by atoms with van der Waals surface area (Å²) in [6.07, 6.45) is 0. The number of anilines is 1. The standard InChI is InChI=1S/C13H19N2O2/c1-16-10-11-17-13-4-2-12(3-5-13)15-8-6-14-7-9-15/h2-5H,6-11H2,1H3. The first-order valence-electron chi connectivity index (χ1n) is 6.00. The molecular formula is C13H19N2O2. The molecule has 1 aromatic carbocycles. The lowest BCUT2D eigenvalue weighted by atomic mass is 10.2. The maximum atomic E-state index is 5.53. The van der Waals surface area contributed by atoms with Gasteiger partial charge in [-0.25, -0.2) is 5.32 Å². The van der Waals surface area contributed by atoms with Gasteiger partial charge in [-0.3, -0.25) is 0 Å². The Balaban J connectivity index is 1.88. The lowest BCUT2D eigenvalue weighted by molar-refractivity contribution is 0.146. The zero-order chi connectivity index (χ0) is 11.9. The molecule has 0 bridgehead atoms. The smallest absolute Gasteiger partial charge is 0.119 e. The van der Waals surface area contributed by atoms with Gasteiger partial charge in [-0.15, -0.1) is 0 Å². The van der Waals surface area contributed by atoms with E-state index in [2.05, 4.69) is 22.3 Å². The fourth-order valence-electron chi connectivity index (χ4n) is 1.86. The predicted molar refractivity (Wildman–Crippen MR) is 67.9 cm³/mol. The van der Waals surface area contributed by atoms with Gasteiger partial charge in [-0.2, -0.15) is 0 Å². The molecule has 0 amide bonds. The minimum atomic E-state index is 0.596. The fourth-order valence-corrected chi connectivity index (χ4v) is 1.86. The number of piperazine rings is 1. The Morgan fingerprint density at radius 3 is 2.47 bits per heavy atom. The quantitative estimate of drug-likeness (QED) is 0.718. The van der Waals surface area contributed by atoms with E-state index in [1.807, 2.05) is 12.1 Å². The average Bonchev–Trinajstić information content (AvgIpc) is 2.41. The molecule has 0 spiro atoms. The Morgan fingerprint density at radius 2 is 1.82 bits per heavy atom. The van der Waals surface area contributed by atoms with Gasteiger partial charge in [0.15, 0.2) is 0 Å². The Labute approximate surface area is 103 Å². The van der Waals surface area contributed by atoms with E-state index in [0.29, 0.717) is 13.2 Å². The van der Waals surface area contributed by atoms with Crippen molar-refractivity contribution in [2.24, 2.45) is 0 Å². The summed E-state index contributed by atoms with van der Waals surface area (Å²) < 4.78 is 10.5. The summed E-state index contributed by atoms with van der Waals surface area (Å²) >= 11 is 0. The SMILES string of the molecule is COCCOc1ccc(N2CC[N]CC2)cc1. The van der Waals surface area contributed by atoms with Gasteiger partial charge < -0.3 is 14.4 Å². The lowest BCUT2D eigenvalue weighted by Crippen LogP contribution is -2.40. The normalized spacial score (nSPS) is 15.9. The molecule has 1 aliphatic heterocycles. The highest BCUT2D eigenvalue weighted by Gasteiger charge is 2.10. The van der Waals surface area contributed by atoms with Crippen molar-refractivity contribution < 1.29 is 9.47 Å². The van der Waals surface area contributed by atoms with Crippen molar-refractivity contribution in [3.63, 3.8) is 0 Å². The summed E-state index contributed by atoms with van der Waals surface area (Å²) in [5.41, 5.74) is 1.25. The Bertz CT molecular complexity index is 321. The molecule has 1 radical (unpaired) electrons. The lowest BCUT2D eigenvalue weighted by Gasteiger charge is -2.28. The first-order chi connectivity index (χ1) is 8.40. The third kappa shape index (κ3) is 3.61. The van der Waals surface area contributed by atoms with Gasteiger partial charge >= 0.3 is 0 Å². The molecule has 0 unspecified atom stereocenters. The Kier molecular flexibility index (Phi) is 4.64. The summed E-state index contributed by atoms with van der Waals surface area (Å²) in [7, 11) is 1.67. The van der Waals surface area contributed by atoms with Gasteiger partial charge in [0, 0.05) is 39.0 Å². The van der Waals surface area contributed by atoms with Crippen LogP contribution in [0.1, 0.15) is 0 Å². The zero-order valence-electron chi connectivity index (χ0n) is 10.3. The van der Waals surface area contributed by atoms with Crippen LogP contribution in [0, 0.1) is 0 Å². The highest BCUT2D eigenvalue weighted by Crippen LogP contribution is 2.19. The zero-order valence-corrected chi connectivity index (χ0v) is 10.3. The molecule has 4 heteroatoms. The van der Waals surface area contributed by atoms with Crippen molar-refractivity contribution in [1.29, 1.82) is 0 Å². The molecule has 1 heterocycles. The molecule has 2 rings (SSSR count). The number of ether oxygens (including phenoxy) is 2. The minimum absolute atomic E-state index is 0.596. The number of hydrogen-bond acceptors (Lipinski definition) is 3. The van der Waals surface area contributed by atoms with Crippen LogP contribution in [0.25, 0.3) is 0 Å². The topological polar surface area (TPSA) is 35.8 Å². The van der Waals surface area contributed by atoms with Crippen LogP contribution in [-0.2, 0) is 4.74 Å². The summed E-state index contributed by atoms with van der Waals surface area (Å²) in [4.78, 5) is 2.35. The highest BCUT2D eigenvalue weighted by atomic mass is 16.5. The van der Waals surface area contributed by atoms with E-state index in [1.165, 1.54) is 5.69 Å². The number of methoxy groups -OCH3 is 1. The molecule has 0 aromatic heterocycles. The summed E-state index contributed by atoms with van der Waals surface area (Å²) in [5, 5.41) is 4.34. The number of nitrogens with zero attached hydrogens (tertiary/aromatic N) is 2. The second kappa shape index (κ2) is 6.47. The molecule has 1 aliphatic rings. The first-order valence-corrected chi connectivity index (χ1v) is 6.00. The third-order valence-electron chi connectivity index (χ3n) is 2.81. The van der Waals surface area contributed by atoms with Crippen LogP contribution >= 0.6 is 0 Å². The summed E-state index contributed by atoms with van der Waals surface area (Å²) in [5.74, 6) is 0.896. The van der Waals surface area contributed by atoms with Crippen molar-refractivity contribution in [3.05, 3.63) is 24.3 Å². The molecule has 1 saturated heterocycles. The van der Waals surface area contributed by atoms with Crippen LogP contribution in [0.3, 0.4) is 0 Å². The molecule has 1 fully saturated rings. The number of hydrogen-bond donors (Lipinski definition) is 0. The Hall–Kier alpha value is -1.26. The fraction of sp³-hybridized carbons (Fsp3) is 0.538. The van der Waals surface area contributed by atoms with Gasteiger partial charge in [-0.1, -0.05) is 0 Å². The molecule has 4 nitrogen and oxygen atoms in total. The van der Waals surface area contributed by atoms with E-state index in [-0.39, 0.29) is 0 Å². The molecule has 17 heavy (non-hydrogen) atoms. The molecule has 93 valence electrons. The maximum absolute atomic E-state index is 5.53. The van der Waals surface area contributed by atoms with Crippen LogP contribution in [0.15, 0.2) is 24.3 Å². The van der Waals surface area contributed by atoms with Gasteiger partial charge in [0.05, 0.1) is 6.61 Å². The van der Waals surface area contributed by atoms with Crippen molar-refractivity contribution in [2.75, 3.05) is 51.4 Å². The van der Waals surface area contributed by atoms with Gasteiger partial charge in [0.1, 0.15) is 12.4 Å². The van der Waals surface area contributed by atoms with Crippen molar-refractivity contribution in [1.82, 2.24) is 5.32 Å². The van der Waals surface area contributed by atoms with E-state index < -0.39 is 0 Å². The van der Waals surface area contributed by atoms with E-state index in [4.69, 9.17) is 9.47 Å². The second-order valence-corrected chi connectivity index (χ2v) is 3.99. The monoisotopic (exact) mass is 235 g/mol. The summed E-state index contributed by atoms with van der Waals surface area (Å²) in [6.45, 7) is 5.12. The Morgan fingerprint density at radius 1 is 1.12 bits per heavy atom. The number of benzene rings is 1. The van der Waals surface area contributed by atoms with Crippen LogP contribution in [0.4, 0.5) is 5.69 Å². The van der Waals surface area contributed by atoms with Crippen LogP contribution in [-0.4, -0.2) is 46.5 Å². The predicted octanol–water partition coefficient (Wildman–Crippen LogP) is 1.14. The summed E-state index contributed by atoms with van der Waals surface area (Å²) in [6, 6.07) is 8.23. The van der Waals surface area contributed by atoms with Crippen LogP contribution < -0.4 is 15.0 Å². The van der Waals surface area contributed by atoms with Gasteiger partial charge in [0.25, 0.3) is 0 Å². The largest absolute Gasteiger partial charge is 0.491 e. The van der Waals surface area contributed by atoms with E-state index in [1.54, 1.807) is 7.11 Å². The van der Waals surface area contributed by atoms with Crippen molar-refractivity contribution in [2.45, 2.75) is 0 Å². The minimum Gasteiger partial charge on any atom is -0.491 e. The van der Waals surface area contributed by atoms with E-state index >= 15 is 0 Å². The molecule has 0 aliphatic carbocycles. The molecule has 0 saturated carbocycles. The van der Waals surface area contributed by atoms with Crippen LogP contribution in [0.2, 0.25) is 0 Å². The third-order valence-corrected chi connectivity index (χ3v) is 2.81. The van der Waals surface area contributed by atoms with Crippen LogP contribution in [0.5, 0.6) is 5.75 Å². The molecular weight excluding hydrogens is 216 g/mol. The van der Waals surface area contributed by atoms with Gasteiger partial charge in [-0.05, 0) is 24.3 Å². The van der Waals surface area contributed by atoms with E-state index in [0.717, 1.165) is 31.9 Å². The first kappa shape index (κ1) is 12.2.